The van der Waals surface area contributed by atoms with Crippen LogP contribution in [0, 0.1) is 0 Å². The van der Waals surface area contributed by atoms with Gasteiger partial charge in [-0.1, -0.05) is 35.0 Å². The van der Waals surface area contributed by atoms with Gasteiger partial charge in [-0.3, -0.25) is 0 Å². The van der Waals surface area contributed by atoms with Crippen molar-refractivity contribution in [3.63, 3.8) is 0 Å². The largest absolute Gasteiger partial charge is 0.224 e. The van der Waals surface area contributed by atoms with Gasteiger partial charge in [0.1, 0.15) is 0 Å². The Hall–Kier alpha value is -0.730. The van der Waals surface area contributed by atoms with Crippen molar-refractivity contribution in [2.75, 3.05) is 12.5 Å². The van der Waals surface area contributed by atoms with Crippen LogP contribution in [0.3, 0.4) is 0 Å². The first-order valence-corrected chi connectivity index (χ1v) is 11.5. The topological polar surface area (TPSA) is 68.3 Å². The van der Waals surface area contributed by atoms with Crippen LogP contribution in [0.15, 0.2) is 56.0 Å². The van der Waals surface area contributed by atoms with Crippen LogP contribution in [0.25, 0.3) is 0 Å². The van der Waals surface area contributed by atoms with E-state index >= 15 is 0 Å². The molecule has 0 aliphatic carbocycles. The zero-order valence-corrected chi connectivity index (χ0v) is 16.0. The Morgan fingerprint density at radius 1 is 0.826 bits per heavy atom. The molecule has 0 saturated carbocycles. The van der Waals surface area contributed by atoms with Crippen LogP contribution in [0.5, 0.6) is 0 Å². The Labute approximate surface area is 149 Å². The average Bonchev–Trinajstić information content (AvgIpc) is 2.41. The van der Waals surface area contributed by atoms with Gasteiger partial charge in [-0.05, 0) is 36.4 Å². The summed E-state index contributed by atoms with van der Waals surface area (Å²) in [6.07, 6.45) is 2.05. The molecule has 0 amide bonds. The quantitative estimate of drug-likeness (QED) is 0.762. The third-order valence-electron chi connectivity index (χ3n) is 2.86. The second kappa shape index (κ2) is 6.64. The van der Waals surface area contributed by atoms with Crippen LogP contribution in [0.4, 0.5) is 0 Å². The molecule has 0 radical (unpaired) electrons. The molecule has 0 heterocycles. The summed E-state index contributed by atoms with van der Waals surface area (Å²) in [5.74, 6) is 0. The lowest BCUT2D eigenvalue weighted by Crippen LogP contribution is -2.04. The van der Waals surface area contributed by atoms with Gasteiger partial charge in [-0.25, -0.2) is 16.8 Å². The molecule has 2 aromatic carbocycles. The molecule has 2 aromatic rings. The fourth-order valence-corrected chi connectivity index (χ4v) is 5.20. The Kier molecular flexibility index (Phi) is 5.37. The molecule has 0 atom stereocenters. The molecule has 0 aromatic heterocycles. The van der Waals surface area contributed by atoms with E-state index in [4.69, 9.17) is 23.2 Å². The number of hydrogen-bond donors (Lipinski definition) is 0. The fraction of sp³-hybridized carbons (Fsp3) is 0.143. The van der Waals surface area contributed by atoms with Crippen molar-refractivity contribution < 1.29 is 16.8 Å². The van der Waals surface area contributed by atoms with Gasteiger partial charge in [-0.15, -0.1) is 0 Å². The minimum Gasteiger partial charge on any atom is -0.224 e. The molecule has 0 spiro atoms. The predicted molar refractivity (Wildman–Crippen MR) is 93.2 cm³/mol. The maximum absolute atomic E-state index is 12.0. The summed E-state index contributed by atoms with van der Waals surface area (Å²) in [7, 11) is -7.13. The van der Waals surface area contributed by atoms with E-state index in [0.29, 0.717) is 19.8 Å². The number of hydrogen-bond acceptors (Lipinski definition) is 5. The summed E-state index contributed by atoms with van der Waals surface area (Å²) in [4.78, 5) is 0.834. The molecule has 0 fully saturated rings. The highest BCUT2D eigenvalue weighted by Crippen LogP contribution is 2.38. The first-order valence-electron chi connectivity index (χ1n) is 6.15. The van der Waals surface area contributed by atoms with Gasteiger partial charge in [0.25, 0.3) is 0 Å². The number of rotatable bonds is 4. The summed E-state index contributed by atoms with van der Waals surface area (Å²) in [5.41, 5.74) is 0. The SMILES string of the molecule is CS(=O)(=O)c1ccc(Sc2cc(Cl)ccc2Cl)c(S(C)(=O)=O)c1. The summed E-state index contributed by atoms with van der Waals surface area (Å²) in [6, 6.07) is 8.82. The van der Waals surface area contributed by atoms with Crippen LogP contribution in [0.2, 0.25) is 10.0 Å². The lowest BCUT2D eigenvalue weighted by Gasteiger charge is -2.11. The average molecular weight is 411 g/mol. The second-order valence-corrected chi connectivity index (χ2v) is 10.8. The zero-order valence-electron chi connectivity index (χ0n) is 12.1. The Morgan fingerprint density at radius 2 is 1.48 bits per heavy atom. The van der Waals surface area contributed by atoms with Crippen LogP contribution in [0.1, 0.15) is 0 Å². The van der Waals surface area contributed by atoms with Crippen molar-refractivity contribution in [1.29, 1.82) is 0 Å². The zero-order chi connectivity index (χ0) is 17.4. The smallest absolute Gasteiger partial charge is 0.176 e. The van der Waals surface area contributed by atoms with Crippen molar-refractivity contribution in [3.8, 4) is 0 Å². The van der Waals surface area contributed by atoms with Gasteiger partial charge in [0, 0.05) is 27.3 Å². The van der Waals surface area contributed by atoms with Gasteiger partial charge >= 0.3 is 0 Å². The van der Waals surface area contributed by atoms with Gasteiger partial charge < -0.3 is 0 Å². The van der Waals surface area contributed by atoms with Crippen molar-refractivity contribution >= 4 is 54.6 Å². The van der Waals surface area contributed by atoms with E-state index in [9.17, 15) is 16.8 Å². The van der Waals surface area contributed by atoms with E-state index in [0.717, 1.165) is 30.3 Å². The highest BCUT2D eigenvalue weighted by atomic mass is 35.5. The monoisotopic (exact) mass is 410 g/mol. The summed E-state index contributed by atoms with van der Waals surface area (Å²) in [5, 5.41) is 0.886. The Morgan fingerprint density at radius 3 is 2.04 bits per heavy atom. The molecule has 124 valence electrons. The molecule has 4 nitrogen and oxygen atoms in total. The van der Waals surface area contributed by atoms with Crippen LogP contribution >= 0.6 is 35.0 Å². The normalized spacial score (nSPS) is 12.3. The fourth-order valence-electron chi connectivity index (χ4n) is 1.77. The number of benzene rings is 2. The van der Waals surface area contributed by atoms with Gasteiger partial charge in [0.05, 0.1) is 14.8 Å². The third-order valence-corrected chi connectivity index (χ3v) is 7.04. The van der Waals surface area contributed by atoms with Gasteiger partial charge in [0.15, 0.2) is 19.7 Å². The van der Waals surface area contributed by atoms with Crippen molar-refractivity contribution in [2.45, 2.75) is 19.6 Å². The van der Waals surface area contributed by atoms with Crippen LogP contribution in [-0.4, -0.2) is 29.3 Å². The van der Waals surface area contributed by atoms with E-state index in [1.807, 2.05) is 0 Å². The lowest BCUT2D eigenvalue weighted by molar-refractivity contribution is 0.598. The molecule has 0 bridgehead atoms. The third kappa shape index (κ3) is 4.64. The summed E-state index contributed by atoms with van der Waals surface area (Å²) < 4.78 is 47.3. The molecule has 23 heavy (non-hydrogen) atoms. The molecule has 0 aliphatic heterocycles. The van der Waals surface area contributed by atoms with E-state index < -0.39 is 19.7 Å². The Balaban J connectivity index is 2.61. The Bertz CT molecular complexity index is 968. The highest BCUT2D eigenvalue weighted by Gasteiger charge is 2.19. The maximum atomic E-state index is 12.0. The predicted octanol–water partition coefficient (Wildman–Crippen LogP) is 3.95. The minimum atomic E-state index is -3.62. The summed E-state index contributed by atoms with van der Waals surface area (Å²) in [6.45, 7) is 0. The van der Waals surface area contributed by atoms with E-state index in [-0.39, 0.29) is 9.79 Å². The van der Waals surface area contributed by atoms with E-state index in [2.05, 4.69) is 0 Å². The molecular formula is C14H12Cl2O4S3. The van der Waals surface area contributed by atoms with Crippen molar-refractivity contribution in [3.05, 3.63) is 46.4 Å². The first kappa shape index (κ1) is 18.6. The molecule has 0 saturated heterocycles. The standard InChI is InChI=1S/C14H12Cl2O4S3/c1-22(17,18)10-4-6-12(14(8-10)23(2,19)20)21-13-7-9(15)3-5-11(13)16/h3-8H,1-2H3. The first-order chi connectivity index (χ1) is 10.5. The molecule has 2 rings (SSSR count). The molecule has 0 aliphatic rings. The second-order valence-electron chi connectivity index (χ2n) is 4.83. The molecule has 0 N–H and O–H groups in total. The van der Waals surface area contributed by atoms with Gasteiger partial charge in [0.2, 0.25) is 0 Å². The molecular weight excluding hydrogens is 399 g/mol. The van der Waals surface area contributed by atoms with E-state index in [1.165, 1.54) is 12.1 Å². The van der Waals surface area contributed by atoms with Gasteiger partial charge in [-0.2, -0.15) is 0 Å². The number of halogens is 2. The maximum Gasteiger partial charge on any atom is 0.176 e. The van der Waals surface area contributed by atoms with Crippen LogP contribution < -0.4 is 0 Å². The lowest BCUT2D eigenvalue weighted by atomic mass is 10.3. The minimum absolute atomic E-state index is 0.0560. The highest BCUT2D eigenvalue weighted by molar-refractivity contribution is 8.00. The molecule has 9 heteroatoms. The van der Waals surface area contributed by atoms with Crippen molar-refractivity contribution in [2.24, 2.45) is 0 Å². The number of sulfone groups is 2. The molecule has 0 unspecified atom stereocenters. The van der Waals surface area contributed by atoms with Crippen molar-refractivity contribution in [1.82, 2.24) is 0 Å². The van der Waals surface area contributed by atoms with Crippen LogP contribution in [-0.2, 0) is 19.7 Å². The summed E-state index contributed by atoms with van der Waals surface area (Å²) >= 11 is 13.1. The van der Waals surface area contributed by atoms with E-state index in [1.54, 1.807) is 18.2 Å².